The summed E-state index contributed by atoms with van der Waals surface area (Å²) < 4.78 is 39.6. The van der Waals surface area contributed by atoms with Crippen LogP contribution in [-0.4, -0.2) is 35.6 Å². The molecule has 1 saturated heterocycles. The highest BCUT2D eigenvalue weighted by molar-refractivity contribution is 5.44. The van der Waals surface area contributed by atoms with E-state index >= 15 is 0 Å². The van der Waals surface area contributed by atoms with E-state index in [0.717, 1.165) is 0 Å². The highest BCUT2D eigenvalue weighted by Gasteiger charge is 2.29. The Kier molecular flexibility index (Phi) is 6.80. The van der Waals surface area contributed by atoms with Crippen molar-refractivity contribution in [1.29, 1.82) is 5.26 Å². The predicted octanol–water partition coefficient (Wildman–Crippen LogP) is 3.40. The van der Waals surface area contributed by atoms with E-state index < -0.39 is 29.9 Å². The number of hydrogen-bond donors (Lipinski definition) is 2. The summed E-state index contributed by atoms with van der Waals surface area (Å²) in [5, 5.41) is 28.8. The van der Waals surface area contributed by atoms with E-state index in [4.69, 9.17) is 9.47 Å². The second-order valence-corrected chi connectivity index (χ2v) is 7.04. The zero-order valence-corrected chi connectivity index (χ0v) is 16.1. The molecule has 154 valence electrons. The molecule has 0 saturated carbocycles. The van der Waals surface area contributed by atoms with Crippen molar-refractivity contribution in [2.75, 3.05) is 13.2 Å². The van der Waals surface area contributed by atoms with Crippen LogP contribution < -0.4 is 4.74 Å². The van der Waals surface area contributed by atoms with E-state index in [0.29, 0.717) is 29.5 Å². The van der Waals surface area contributed by atoms with Crippen molar-refractivity contribution in [1.82, 2.24) is 0 Å². The van der Waals surface area contributed by atoms with Crippen LogP contribution in [0.5, 0.6) is 5.75 Å². The molecular weight excluding hydrogens is 380 g/mol. The summed E-state index contributed by atoms with van der Waals surface area (Å²) in [6, 6.07) is 9.92. The molecule has 3 atom stereocenters. The van der Waals surface area contributed by atoms with Crippen LogP contribution in [0.3, 0.4) is 0 Å². The second kappa shape index (κ2) is 9.31. The molecular formula is C22H23F2NO4. The Balaban J connectivity index is 1.91. The van der Waals surface area contributed by atoms with Gasteiger partial charge in [-0.15, -0.1) is 0 Å². The third-order valence-corrected chi connectivity index (χ3v) is 5.01. The highest BCUT2D eigenvalue weighted by Crippen LogP contribution is 2.33. The van der Waals surface area contributed by atoms with Gasteiger partial charge >= 0.3 is 0 Å². The van der Waals surface area contributed by atoms with Crippen molar-refractivity contribution in [3.63, 3.8) is 0 Å². The first-order chi connectivity index (χ1) is 14.0. The number of ether oxygens (including phenoxy) is 2. The van der Waals surface area contributed by atoms with E-state index in [1.807, 2.05) is 0 Å². The first-order valence-electron chi connectivity index (χ1n) is 9.53. The molecule has 0 aliphatic carbocycles. The third-order valence-electron chi connectivity index (χ3n) is 5.01. The Hall–Kier alpha value is -2.53. The van der Waals surface area contributed by atoms with Crippen LogP contribution in [0.1, 0.15) is 48.1 Å². The Morgan fingerprint density at radius 3 is 2.66 bits per heavy atom. The van der Waals surface area contributed by atoms with Crippen molar-refractivity contribution in [2.24, 2.45) is 0 Å². The zero-order chi connectivity index (χ0) is 21.0. The molecule has 5 nitrogen and oxygen atoms in total. The molecule has 0 unspecified atom stereocenters. The van der Waals surface area contributed by atoms with Crippen LogP contribution in [0.2, 0.25) is 0 Å². The van der Waals surface area contributed by atoms with Gasteiger partial charge in [0.25, 0.3) is 0 Å². The lowest BCUT2D eigenvalue weighted by atomic mass is 9.92. The fourth-order valence-electron chi connectivity index (χ4n) is 3.57. The molecule has 1 fully saturated rings. The Morgan fingerprint density at radius 2 is 1.97 bits per heavy atom. The van der Waals surface area contributed by atoms with E-state index in [9.17, 15) is 24.3 Å². The summed E-state index contributed by atoms with van der Waals surface area (Å²) in [6.45, 7) is 1.70. The number of halogens is 2. The highest BCUT2D eigenvalue weighted by atomic mass is 19.2. The zero-order valence-electron chi connectivity index (χ0n) is 16.1. The largest absolute Gasteiger partial charge is 0.491 e. The number of hydrogen-bond acceptors (Lipinski definition) is 5. The van der Waals surface area contributed by atoms with Gasteiger partial charge < -0.3 is 19.7 Å². The average Bonchev–Trinajstić information content (AvgIpc) is 2.73. The predicted molar refractivity (Wildman–Crippen MR) is 101 cm³/mol. The number of benzene rings is 2. The fourth-order valence-corrected chi connectivity index (χ4v) is 3.57. The molecule has 1 aliphatic rings. The van der Waals surface area contributed by atoms with Gasteiger partial charge in [-0.05, 0) is 35.7 Å². The van der Waals surface area contributed by atoms with Gasteiger partial charge in [0.2, 0.25) is 5.82 Å². The van der Waals surface area contributed by atoms with Crippen molar-refractivity contribution >= 4 is 0 Å². The topological polar surface area (TPSA) is 82.7 Å². The van der Waals surface area contributed by atoms with Gasteiger partial charge in [-0.2, -0.15) is 9.65 Å². The minimum Gasteiger partial charge on any atom is -0.491 e. The lowest BCUT2D eigenvalue weighted by Crippen LogP contribution is -2.33. The van der Waals surface area contributed by atoms with Crippen LogP contribution in [0.4, 0.5) is 8.78 Å². The minimum atomic E-state index is -1.05. The van der Waals surface area contributed by atoms with Gasteiger partial charge in [0.1, 0.15) is 0 Å². The van der Waals surface area contributed by atoms with Gasteiger partial charge in [0, 0.05) is 19.3 Å². The number of rotatable bonds is 6. The molecule has 3 rings (SSSR count). The van der Waals surface area contributed by atoms with Gasteiger partial charge in [0.15, 0.2) is 11.6 Å². The summed E-state index contributed by atoms with van der Waals surface area (Å²) in [5.41, 5.74) is 1.69. The molecule has 29 heavy (non-hydrogen) atoms. The first-order valence-corrected chi connectivity index (χ1v) is 9.53. The Morgan fingerprint density at radius 1 is 1.17 bits per heavy atom. The van der Waals surface area contributed by atoms with Gasteiger partial charge in [0.05, 0.1) is 43.2 Å². The fraction of sp³-hybridized carbons (Fsp3) is 0.409. The van der Waals surface area contributed by atoms with Crippen LogP contribution in [0.15, 0.2) is 30.3 Å². The normalized spacial score (nSPS) is 21.6. The molecule has 0 amide bonds. The standard InChI is InChI=1S/C22H23F2NO4/c1-2-28-19-6-5-14(21(23)22(19)24)8-16-7-13(3-4-15(16)11-25)20-10-17(27)9-18(12-26)29-20/h3-7,17-18,20,26-27H,2,8-10,12H2,1H3/t17-,18-,20+/m0/s1. The lowest BCUT2D eigenvalue weighted by molar-refractivity contribution is -0.113. The summed E-state index contributed by atoms with van der Waals surface area (Å²) >= 11 is 0. The maximum atomic E-state index is 14.5. The third kappa shape index (κ3) is 4.73. The quantitative estimate of drug-likeness (QED) is 0.773. The summed E-state index contributed by atoms with van der Waals surface area (Å²) in [6.07, 6.45) is -0.807. The molecule has 2 N–H and O–H groups in total. The smallest absolute Gasteiger partial charge is 0.200 e. The number of aliphatic hydroxyl groups is 2. The van der Waals surface area contributed by atoms with E-state index in [1.54, 1.807) is 25.1 Å². The van der Waals surface area contributed by atoms with Crippen LogP contribution in [0, 0.1) is 23.0 Å². The minimum absolute atomic E-state index is 0.0184. The SMILES string of the molecule is CCOc1ccc(Cc2cc([C@H]3C[C@@H](O)C[C@@H](CO)O3)ccc2C#N)c(F)c1F. The molecule has 0 radical (unpaired) electrons. The molecule has 1 heterocycles. The molecule has 0 spiro atoms. The first kappa shape index (κ1) is 21.2. The molecule has 0 bridgehead atoms. The van der Waals surface area contributed by atoms with Crippen molar-refractivity contribution < 1.29 is 28.5 Å². The van der Waals surface area contributed by atoms with E-state index in [2.05, 4.69) is 6.07 Å². The number of nitriles is 1. The van der Waals surface area contributed by atoms with E-state index in [1.165, 1.54) is 12.1 Å². The van der Waals surface area contributed by atoms with Crippen LogP contribution >= 0.6 is 0 Å². The molecule has 2 aromatic carbocycles. The lowest BCUT2D eigenvalue weighted by Gasteiger charge is -2.32. The van der Waals surface area contributed by atoms with Gasteiger partial charge in [-0.3, -0.25) is 0 Å². The van der Waals surface area contributed by atoms with Crippen LogP contribution in [-0.2, 0) is 11.2 Å². The summed E-state index contributed by atoms with van der Waals surface area (Å²) in [4.78, 5) is 0. The van der Waals surface area contributed by atoms with Gasteiger partial charge in [-0.25, -0.2) is 4.39 Å². The molecule has 7 heteroatoms. The maximum absolute atomic E-state index is 14.5. The van der Waals surface area contributed by atoms with Crippen molar-refractivity contribution in [2.45, 2.75) is 44.5 Å². The van der Waals surface area contributed by atoms with Crippen molar-refractivity contribution in [3.8, 4) is 11.8 Å². The maximum Gasteiger partial charge on any atom is 0.200 e. The monoisotopic (exact) mass is 403 g/mol. The second-order valence-electron chi connectivity index (χ2n) is 7.04. The van der Waals surface area contributed by atoms with E-state index in [-0.39, 0.29) is 30.9 Å². The number of nitrogens with zero attached hydrogens (tertiary/aromatic N) is 1. The average molecular weight is 403 g/mol. The number of aliphatic hydroxyl groups excluding tert-OH is 2. The summed E-state index contributed by atoms with van der Waals surface area (Å²) in [5.74, 6) is -2.21. The molecule has 0 aromatic heterocycles. The van der Waals surface area contributed by atoms with Gasteiger partial charge in [-0.1, -0.05) is 18.2 Å². The Labute approximate surface area is 168 Å². The Bertz CT molecular complexity index is 912. The van der Waals surface area contributed by atoms with Crippen molar-refractivity contribution in [3.05, 3.63) is 64.2 Å². The summed E-state index contributed by atoms with van der Waals surface area (Å²) in [7, 11) is 0. The molecule has 2 aromatic rings. The molecule has 1 aliphatic heterocycles. The van der Waals surface area contributed by atoms with Crippen LogP contribution in [0.25, 0.3) is 0 Å².